The van der Waals surface area contributed by atoms with Gasteiger partial charge in [-0.3, -0.25) is 10.8 Å². The molecule has 0 aliphatic heterocycles. The Labute approximate surface area is 101 Å². The molecule has 2 rings (SSSR count). The van der Waals surface area contributed by atoms with Crippen LogP contribution in [0.1, 0.15) is 5.56 Å². The monoisotopic (exact) mass is 228 g/mol. The van der Waals surface area contributed by atoms with Gasteiger partial charge in [-0.2, -0.15) is 0 Å². The fourth-order valence-corrected chi connectivity index (χ4v) is 1.74. The van der Waals surface area contributed by atoms with Crippen molar-refractivity contribution in [2.24, 2.45) is 5.84 Å². The number of pyridine rings is 1. The third-order valence-corrected chi connectivity index (χ3v) is 2.66. The molecule has 0 aliphatic carbocycles. The zero-order chi connectivity index (χ0) is 12.3. The summed E-state index contributed by atoms with van der Waals surface area (Å²) >= 11 is 0. The molecule has 0 saturated carbocycles. The van der Waals surface area contributed by atoms with Gasteiger partial charge in [-0.05, 0) is 36.8 Å². The number of anilines is 2. The number of aryl methyl sites for hydroxylation is 1. The Morgan fingerprint density at radius 1 is 1.12 bits per heavy atom. The number of nitrogens with one attached hydrogen (secondary N) is 2. The molecule has 0 bridgehead atoms. The van der Waals surface area contributed by atoms with E-state index >= 15 is 0 Å². The average Bonchev–Trinajstić information content (AvgIpc) is 2.38. The van der Waals surface area contributed by atoms with Crippen LogP contribution in [-0.4, -0.2) is 12.0 Å². The van der Waals surface area contributed by atoms with Gasteiger partial charge in [0.1, 0.15) is 0 Å². The van der Waals surface area contributed by atoms with E-state index in [-0.39, 0.29) is 0 Å². The molecule has 2 aromatic rings. The zero-order valence-electron chi connectivity index (χ0n) is 9.99. The van der Waals surface area contributed by atoms with Crippen LogP contribution in [0.4, 0.5) is 11.4 Å². The lowest BCUT2D eigenvalue weighted by molar-refractivity contribution is 1.28. The van der Waals surface area contributed by atoms with E-state index < -0.39 is 0 Å². The Hall–Kier alpha value is -2.07. The molecular formula is C13H16N4. The molecule has 4 nitrogen and oxygen atoms in total. The maximum atomic E-state index is 5.49. The van der Waals surface area contributed by atoms with Gasteiger partial charge in [-0.1, -0.05) is 6.07 Å². The lowest BCUT2D eigenvalue weighted by atomic mass is 10.1. The Morgan fingerprint density at radius 3 is 2.59 bits per heavy atom. The number of hydrogen-bond donors (Lipinski definition) is 3. The lowest BCUT2D eigenvalue weighted by Crippen LogP contribution is -2.09. The second kappa shape index (κ2) is 4.84. The molecule has 0 aliphatic rings. The van der Waals surface area contributed by atoms with Gasteiger partial charge in [0, 0.05) is 18.8 Å². The van der Waals surface area contributed by atoms with Crippen molar-refractivity contribution in [2.75, 3.05) is 17.8 Å². The van der Waals surface area contributed by atoms with Crippen molar-refractivity contribution < 1.29 is 0 Å². The molecule has 1 aromatic heterocycles. The standard InChI is InChI=1S/C13H16N4/c1-9-5-6-16-12(7-9)10-3-4-11(15-2)13(8-10)17-14/h3-8,15,17H,14H2,1-2H3. The van der Waals surface area contributed by atoms with Crippen molar-refractivity contribution in [1.82, 2.24) is 4.98 Å². The van der Waals surface area contributed by atoms with Gasteiger partial charge in [0.05, 0.1) is 17.1 Å². The predicted molar refractivity (Wildman–Crippen MR) is 71.8 cm³/mol. The molecule has 4 heteroatoms. The Balaban J connectivity index is 2.46. The quantitative estimate of drug-likeness (QED) is 0.557. The fourth-order valence-electron chi connectivity index (χ4n) is 1.74. The number of nitrogens with zero attached hydrogens (tertiary/aromatic N) is 1. The van der Waals surface area contributed by atoms with Crippen LogP contribution < -0.4 is 16.6 Å². The normalized spacial score (nSPS) is 10.1. The highest BCUT2D eigenvalue weighted by atomic mass is 15.2. The number of hydrazine groups is 1. The van der Waals surface area contributed by atoms with E-state index in [1.54, 1.807) is 0 Å². The first kappa shape index (κ1) is 11.4. The molecule has 0 radical (unpaired) electrons. The van der Waals surface area contributed by atoms with E-state index in [9.17, 15) is 0 Å². The summed E-state index contributed by atoms with van der Waals surface area (Å²) < 4.78 is 0. The number of aromatic nitrogens is 1. The molecule has 0 unspecified atom stereocenters. The summed E-state index contributed by atoms with van der Waals surface area (Å²) in [5.74, 6) is 5.49. The van der Waals surface area contributed by atoms with Crippen LogP contribution in [0.25, 0.3) is 11.3 Å². The third kappa shape index (κ3) is 2.37. The molecule has 0 amide bonds. The van der Waals surface area contributed by atoms with Crippen molar-refractivity contribution in [2.45, 2.75) is 6.92 Å². The van der Waals surface area contributed by atoms with Gasteiger partial charge in [-0.25, -0.2) is 0 Å². The maximum Gasteiger partial charge on any atom is 0.0724 e. The van der Waals surface area contributed by atoms with Gasteiger partial charge >= 0.3 is 0 Å². The number of benzene rings is 1. The average molecular weight is 228 g/mol. The van der Waals surface area contributed by atoms with Crippen molar-refractivity contribution in [3.05, 3.63) is 42.1 Å². The molecule has 0 atom stereocenters. The van der Waals surface area contributed by atoms with E-state index in [4.69, 9.17) is 5.84 Å². The SMILES string of the molecule is CNc1ccc(-c2cc(C)ccn2)cc1NN. The summed E-state index contributed by atoms with van der Waals surface area (Å²) in [7, 11) is 1.86. The summed E-state index contributed by atoms with van der Waals surface area (Å²) in [4.78, 5) is 4.35. The molecule has 4 N–H and O–H groups in total. The third-order valence-electron chi connectivity index (χ3n) is 2.66. The van der Waals surface area contributed by atoms with Crippen molar-refractivity contribution >= 4 is 11.4 Å². The Kier molecular flexibility index (Phi) is 3.25. The minimum atomic E-state index is 0.855. The van der Waals surface area contributed by atoms with Gasteiger partial charge in [0.15, 0.2) is 0 Å². The number of nitrogen functional groups attached to an aromatic ring is 1. The molecule has 0 fully saturated rings. The molecule has 1 heterocycles. The van der Waals surface area contributed by atoms with Gasteiger partial charge in [0.25, 0.3) is 0 Å². The summed E-state index contributed by atoms with van der Waals surface area (Å²) in [5.41, 5.74) is 7.68. The van der Waals surface area contributed by atoms with Crippen molar-refractivity contribution in [1.29, 1.82) is 0 Å². The topological polar surface area (TPSA) is 63.0 Å². The van der Waals surface area contributed by atoms with E-state index in [1.807, 2.05) is 37.5 Å². The fraction of sp³-hybridized carbons (Fsp3) is 0.154. The second-order valence-electron chi connectivity index (χ2n) is 3.87. The highest BCUT2D eigenvalue weighted by Gasteiger charge is 2.04. The van der Waals surface area contributed by atoms with Crippen LogP contribution in [0.3, 0.4) is 0 Å². The Morgan fingerprint density at radius 2 is 1.94 bits per heavy atom. The van der Waals surface area contributed by atoms with E-state index in [1.165, 1.54) is 5.56 Å². The van der Waals surface area contributed by atoms with Crippen LogP contribution in [0.15, 0.2) is 36.5 Å². The summed E-state index contributed by atoms with van der Waals surface area (Å²) in [6, 6.07) is 10.0. The van der Waals surface area contributed by atoms with Gasteiger partial charge in [0.2, 0.25) is 0 Å². The summed E-state index contributed by atoms with van der Waals surface area (Å²) in [6.45, 7) is 2.05. The molecule has 1 aromatic carbocycles. The van der Waals surface area contributed by atoms with Crippen LogP contribution in [0.5, 0.6) is 0 Å². The maximum absolute atomic E-state index is 5.49. The first-order valence-corrected chi connectivity index (χ1v) is 5.46. The minimum Gasteiger partial charge on any atom is -0.386 e. The molecular weight excluding hydrogens is 212 g/mol. The number of rotatable bonds is 3. The van der Waals surface area contributed by atoms with Crippen molar-refractivity contribution in [3.8, 4) is 11.3 Å². The summed E-state index contributed by atoms with van der Waals surface area (Å²) in [6.07, 6.45) is 1.81. The molecule has 0 spiro atoms. The minimum absolute atomic E-state index is 0.855. The van der Waals surface area contributed by atoms with Crippen molar-refractivity contribution in [3.63, 3.8) is 0 Å². The highest BCUT2D eigenvalue weighted by Crippen LogP contribution is 2.27. The number of nitrogens with two attached hydrogens (primary N) is 1. The van der Waals surface area contributed by atoms with Crippen LogP contribution >= 0.6 is 0 Å². The predicted octanol–water partition coefficient (Wildman–Crippen LogP) is 2.38. The molecule has 0 saturated heterocycles. The largest absolute Gasteiger partial charge is 0.386 e. The molecule has 88 valence electrons. The van der Waals surface area contributed by atoms with E-state index in [0.29, 0.717) is 0 Å². The van der Waals surface area contributed by atoms with Crippen LogP contribution in [-0.2, 0) is 0 Å². The Bertz CT molecular complexity index is 523. The van der Waals surface area contributed by atoms with Crippen LogP contribution in [0.2, 0.25) is 0 Å². The first-order valence-electron chi connectivity index (χ1n) is 5.46. The second-order valence-corrected chi connectivity index (χ2v) is 3.87. The highest BCUT2D eigenvalue weighted by molar-refractivity contribution is 5.75. The lowest BCUT2D eigenvalue weighted by Gasteiger charge is -2.10. The van der Waals surface area contributed by atoms with Gasteiger partial charge in [-0.15, -0.1) is 0 Å². The van der Waals surface area contributed by atoms with Gasteiger partial charge < -0.3 is 10.7 Å². The molecule has 17 heavy (non-hydrogen) atoms. The van der Waals surface area contributed by atoms with E-state index in [2.05, 4.69) is 28.7 Å². The summed E-state index contributed by atoms with van der Waals surface area (Å²) in [5, 5.41) is 3.07. The smallest absolute Gasteiger partial charge is 0.0724 e. The number of hydrogen-bond acceptors (Lipinski definition) is 4. The van der Waals surface area contributed by atoms with E-state index in [0.717, 1.165) is 22.6 Å². The van der Waals surface area contributed by atoms with Crippen LogP contribution in [0, 0.1) is 6.92 Å². The zero-order valence-corrected chi connectivity index (χ0v) is 9.99. The first-order chi connectivity index (χ1) is 8.24.